The number of carboxylic acids is 1. The summed E-state index contributed by atoms with van der Waals surface area (Å²) in [4.78, 5) is 27.1. The van der Waals surface area contributed by atoms with Crippen LogP contribution in [0.5, 0.6) is 17.2 Å². The van der Waals surface area contributed by atoms with Crippen LogP contribution in [0, 0.1) is 0 Å². The van der Waals surface area contributed by atoms with Crippen molar-refractivity contribution < 1.29 is 39.5 Å². The van der Waals surface area contributed by atoms with Gasteiger partial charge < -0.3 is 35.2 Å². The van der Waals surface area contributed by atoms with Gasteiger partial charge in [-0.3, -0.25) is 9.69 Å². The molecule has 3 aliphatic heterocycles. The number of aliphatic hydroxyl groups is 2. The van der Waals surface area contributed by atoms with E-state index in [1.165, 1.54) is 6.07 Å². The SMILES string of the molecule is O=C(O)C1Nc2ccccc2C1CO.O=C1N(C(c2ccccc2)c2ccccc2)c2ccccc2C1(CO)c1cc2c(cc1O)OCO2. The van der Waals surface area contributed by atoms with E-state index in [9.17, 15) is 19.8 Å². The zero-order chi connectivity index (χ0) is 34.1. The van der Waals surface area contributed by atoms with Crippen molar-refractivity contribution in [3.63, 3.8) is 0 Å². The summed E-state index contributed by atoms with van der Waals surface area (Å²) in [6, 6.07) is 36.3. The second-order valence-electron chi connectivity index (χ2n) is 12.0. The Morgan fingerprint density at radius 3 is 2.04 bits per heavy atom. The topological polar surface area (TPSA) is 149 Å². The van der Waals surface area contributed by atoms with Crippen LogP contribution in [0.4, 0.5) is 11.4 Å². The third kappa shape index (κ3) is 5.31. The van der Waals surface area contributed by atoms with Crippen molar-refractivity contribution in [3.8, 4) is 17.2 Å². The monoisotopic (exact) mass is 658 g/mol. The second kappa shape index (κ2) is 13.0. The number of aliphatic carboxylic acids is 1. The van der Waals surface area contributed by atoms with Gasteiger partial charge in [0.15, 0.2) is 11.5 Å². The molecule has 3 aliphatic rings. The highest BCUT2D eigenvalue weighted by atomic mass is 16.7. The number of rotatable bonds is 7. The summed E-state index contributed by atoms with van der Waals surface area (Å²) in [6.07, 6.45) is 0. The Balaban J connectivity index is 0.000000226. The quantitative estimate of drug-likeness (QED) is 0.160. The van der Waals surface area contributed by atoms with Gasteiger partial charge in [-0.2, -0.15) is 0 Å². The summed E-state index contributed by atoms with van der Waals surface area (Å²) < 4.78 is 10.9. The summed E-state index contributed by atoms with van der Waals surface area (Å²) in [7, 11) is 0. The predicted molar refractivity (Wildman–Crippen MR) is 182 cm³/mol. The van der Waals surface area contributed by atoms with E-state index in [1.807, 2.05) is 109 Å². The third-order valence-electron chi connectivity index (χ3n) is 9.42. The molecule has 0 saturated carbocycles. The lowest BCUT2D eigenvalue weighted by atomic mass is 9.75. The number of hydrogen-bond donors (Lipinski definition) is 5. The Hall–Kier alpha value is -5.84. The molecule has 0 spiro atoms. The molecule has 3 atom stereocenters. The van der Waals surface area contributed by atoms with Crippen molar-refractivity contribution in [2.24, 2.45) is 0 Å². The molecular weight excluding hydrogens is 624 g/mol. The molecule has 0 aliphatic carbocycles. The van der Waals surface area contributed by atoms with E-state index in [4.69, 9.17) is 19.7 Å². The van der Waals surface area contributed by atoms with Crippen molar-refractivity contribution in [1.29, 1.82) is 0 Å². The molecule has 5 N–H and O–H groups in total. The van der Waals surface area contributed by atoms with E-state index in [1.54, 1.807) is 11.0 Å². The predicted octanol–water partition coefficient (Wildman–Crippen LogP) is 5.18. The number of hydrogen-bond acceptors (Lipinski definition) is 8. The largest absolute Gasteiger partial charge is 0.507 e. The smallest absolute Gasteiger partial charge is 0.326 e. The number of carbonyl (C=O) groups excluding carboxylic acids is 1. The number of fused-ring (bicyclic) bond motifs is 3. The maximum atomic E-state index is 14.5. The first-order chi connectivity index (χ1) is 23.9. The van der Waals surface area contributed by atoms with Crippen LogP contribution in [-0.4, -0.2) is 58.4 Å². The zero-order valence-corrected chi connectivity index (χ0v) is 26.3. The van der Waals surface area contributed by atoms with E-state index in [0.29, 0.717) is 22.7 Å². The average Bonchev–Trinajstić information content (AvgIpc) is 3.82. The number of nitrogens with one attached hydrogen (secondary N) is 1. The van der Waals surface area contributed by atoms with E-state index in [2.05, 4.69) is 5.32 Å². The molecule has 5 aromatic carbocycles. The number of phenols is 1. The molecule has 3 heterocycles. The standard InChI is InChI=1S/C29H23NO5.C10H11NO3/c31-17-29(22-15-25-26(16-24(22)32)35-18-34-25)21-13-7-8-14-23(21)30(28(29)33)27(19-9-3-1-4-10-19)20-11-5-2-6-12-20;12-5-7-6-3-1-2-4-8(6)11-9(7)10(13)14/h1-16,27,31-32H,17-18H2;1-4,7,9,11-12H,5H2,(H,13,14). The second-order valence-corrected chi connectivity index (χ2v) is 12.0. The van der Waals surface area contributed by atoms with Crippen molar-refractivity contribution in [1.82, 2.24) is 0 Å². The molecule has 10 nitrogen and oxygen atoms in total. The first kappa shape index (κ1) is 31.7. The van der Waals surface area contributed by atoms with Crippen LogP contribution < -0.4 is 19.7 Å². The number of benzene rings is 5. The molecule has 3 unspecified atom stereocenters. The molecule has 49 heavy (non-hydrogen) atoms. The number of carboxylic acid groups (broad SMARTS) is 1. The fraction of sp³-hybridized carbons (Fsp3) is 0.179. The minimum atomic E-state index is -1.51. The summed E-state index contributed by atoms with van der Waals surface area (Å²) in [5.41, 5.74) is 3.63. The van der Waals surface area contributed by atoms with Crippen molar-refractivity contribution in [2.75, 3.05) is 30.2 Å². The molecule has 0 fully saturated rings. The third-order valence-corrected chi connectivity index (χ3v) is 9.42. The van der Waals surface area contributed by atoms with Gasteiger partial charge in [0, 0.05) is 28.9 Å². The van der Waals surface area contributed by atoms with Crippen molar-refractivity contribution >= 4 is 23.3 Å². The summed E-state index contributed by atoms with van der Waals surface area (Å²) in [6.45, 7) is -0.644. The summed E-state index contributed by atoms with van der Waals surface area (Å²) >= 11 is 0. The van der Waals surface area contributed by atoms with Crippen LogP contribution in [0.1, 0.15) is 39.8 Å². The molecule has 8 rings (SSSR count). The molecular formula is C39H34N2O8. The molecule has 0 aromatic heterocycles. The number of para-hydroxylation sites is 2. The highest BCUT2D eigenvalue weighted by Gasteiger charge is 2.55. The van der Waals surface area contributed by atoms with E-state index in [0.717, 1.165) is 22.4 Å². The number of aromatic hydroxyl groups is 1. The maximum absolute atomic E-state index is 14.5. The molecule has 0 radical (unpaired) electrons. The summed E-state index contributed by atoms with van der Waals surface area (Å²) in [5.74, 6) is -0.903. The molecule has 0 bridgehead atoms. The van der Waals surface area contributed by atoms with Crippen LogP contribution in [0.15, 0.2) is 121 Å². The Bertz CT molecular complexity index is 1960. The van der Waals surface area contributed by atoms with Crippen LogP contribution in [0.25, 0.3) is 0 Å². The maximum Gasteiger partial charge on any atom is 0.326 e. The Morgan fingerprint density at radius 1 is 0.816 bits per heavy atom. The van der Waals surface area contributed by atoms with Gasteiger partial charge >= 0.3 is 5.97 Å². The molecule has 5 aromatic rings. The molecule has 10 heteroatoms. The lowest BCUT2D eigenvalue weighted by Gasteiger charge is -2.33. The highest BCUT2D eigenvalue weighted by molar-refractivity contribution is 6.12. The van der Waals surface area contributed by atoms with Crippen LogP contribution in [0.3, 0.4) is 0 Å². The fourth-order valence-electron chi connectivity index (χ4n) is 7.10. The van der Waals surface area contributed by atoms with Crippen LogP contribution >= 0.6 is 0 Å². The fourth-order valence-corrected chi connectivity index (χ4v) is 7.10. The molecule has 248 valence electrons. The number of carbonyl (C=O) groups is 2. The van der Waals surface area contributed by atoms with E-state index >= 15 is 0 Å². The minimum Gasteiger partial charge on any atom is -0.507 e. The van der Waals surface area contributed by atoms with Gasteiger partial charge in [0.05, 0.1) is 19.3 Å². The first-order valence-electron chi connectivity index (χ1n) is 15.8. The number of anilines is 2. The van der Waals surface area contributed by atoms with Gasteiger partial charge in [-0.05, 0) is 40.5 Å². The molecule has 1 amide bonds. The number of aliphatic hydroxyl groups excluding tert-OH is 2. The normalized spacial score (nSPS) is 19.9. The summed E-state index contributed by atoms with van der Waals surface area (Å²) in [5, 5.41) is 42.8. The number of phenolic OH excluding ortho intramolecular Hbond substituents is 1. The number of ether oxygens (including phenoxy) is 2. The van der Waals surface area contributed by atoms with Gasteiger partial charge in [0.25, 0.3) is 0 Å². The van der Waals surface area contributed by atoms with Gasteiger partial charge in [-0.1, -0.05) is 97.1 Å². The van der Waals surface area contributed by atoms with E-state index in [-0.39, 0.29) is 36.5 Å². The number of nitrogens with zero attached hydrogens (tertiary/aromatic N) is 1. The Labute approximate surface area is 282 Å². The molecule has 0 saturated heterocycles. The van der Waals surface area contributed by atoms with Gasteiger partial charge in [-0.15, -0.1) is 0 Å². The van der Waals surface area contributed by atoms with Crippen LogP contribution in [-0.2, 0) is 15.0 Å². The van der Waals surface area contributed by atoms with Crippen molar-refractivity contribution in [2.45, 2.75) is 23.4 Å². The van der Waals surface area contributed by atoms with Gasteiger partial charge in [0.2, 0.25) is 12.7 Å². The van der Waals surface area contributed by atoms with Crippen molar-refractivity contribution in [3.05, 3.63) is 149 Å². The lowest BCUT2D eigenvalue weighted by Crippen LogP contribution is -2.45. The average molecular weight is 659 g/mol. The van der Waals surface area contributed by atoms with Gasteiger partial charge in [-0.25, -0.2) is 4.79 Å². The zero-order valence-electron chi connectivity index (χ0n) is 26.3. The van der Waals surface area contributed by atoms with Gasteiger partial charge in [0.1, 0.15) is 17.2 Å². The lowest BCUT2D eigenvalue weighted by molar-refractivity contribution is -0.138. The Morgan fingerprint density at radius 2 is 1.41 bits per heavy atom. The van der Waals surface area contributed by atoms with E-state index < -0.39 is 30.1 Å². The number of amides is 1. The highest BCUT2D eigenvalue weighted by Crippen LogP contribution is 2.53. The van der Waals surface area contributed by atoms with Crippen LogP contribution in [0.2, 0.25) is 0 Å². The Kier molecular flexibility index (Phi) is 8.41. The minimum absolute atomic E-state index is 0.0328. The first-order valence-corrected chi connectivity index (χ1v) is 15.8.